The SMILES string of the molecule is CCCn1c(C)cc(C(=O)C[n+]2cccc(C)c2C)c1C. The summed E-state index contributed by atoms with van der Waals surface area (Å²) in [6.45, 7) is 11.8. The Morgan fingerprint density at radius 1 is 1.24 bits per heavy atom. The Kier molecular flexibility index (Phi) is 4.61. The first-order valence-corrected chi connectivity index (χ1v) is 7.61. The van der Waals surface area contributed by atoms with Crippen LogP contribution in [0.3, 0.4) is 0 Å². The first-order valence-electron chi connectivity index (χ1n) is 7.61. The van der Waals surface area contributed by atoms with Crippen LogP contribution in [0.1, 0.15) is 46.3 Å². The van der Waals surface area contributed by atoms with Crippen LogP contribution in [-0.2, 0) is 13.1 Å². The molecule has 0 aliphatic carbocycles. The Balaban J connectivity index is 2.29. The topological polar surface area (TPSA) is 25.9 Å². The van der Waals surface area contributed by atoms with E-state index in [-0.39, 0.29) is 5.78 Å². The zero-order valence-corrected chi connectivity index (χ0v) is 13.7. The molecule has 2 aromatic heterocycles. The van der Waals surface area contributed by atoms with Crippen molar-refractivity contribution in [2.75, 3.05) is 0 Å². The molecular formula is C18H25N2O+. The van der Waals surface area contributed by atoms with E-state index in [0.717, 1.165) is 29.9 Å². The number of rotatable bonds is 5. The van der Waals surface area contributed by atoms with Crippen LogP contribution in [0, 0.1) is 27.7 Å². The molecule has 0 N–H and O–H groups in total. The van der Waals surface area contributed by atoms with Gasteiger partial charge in [-0.2, -0.15) is 4.57 Å². The Labute approximate surface area is 127 Å². The van der Waals surface area contributed by atoms with Gasteiger partial charge in [0.2, 0.25) is 12.3 Å². The lowest BCUT2D eigenvalue weighted by Crippen LogP contribution is -2.41. The molecule has 2 rings (SSSR count). The fourth-order valence-corrected chi connectivity index (χ4v) is 2.81. The highest BCUT2D eigenvalue weighted by Gasteiger charge is 2.20. The fourth-order valence-electron chi connectivity index (χ4n) is 2.81. The van der Waals surface area contributed by atoms with Crippen molar-refractivity contribution in [1.82, 2.24) is 4.57 Å². The van der Waals surface area contributed by atoms with Gasteiger partial charge in [-0.3, -0.25) is 4.79 Å². The fraction of sp³-hybridized carbons (Fsp3) is 0.444. The number of pyridine rings is 1. The van der Waals surface area contributed by atoms with Crippen molar-refractivity contribution in [3.8, 4) is 0 Å². The molecule has 0 atom stereocenters. The van der Waals surface area contributed by atoms with Crippen LogP contribution >= 0.6 is 0 Å². The number of hydrogen-bond donors (Lipinski definition) is 0. The van der Waals surface area contributed by atoms with E-state index in [0.29, 0.717) is 6.54 Å². The normalized spacial score (nSPS) is 10.9. The molecule has 0 amide bonds. The minimum Gasteiger partial charge on any atom is -0.348 e. The van der Waals surface area contributed by atoms with Crippen molar-refractivity contribution in [1.29, 1.82) is 0 Å². The molecule has 0 bridgehead atoms. The number of aromatic nitrogens is 2. The number of ketones is 1. The van der Waals surface area contributed by atoms with E-state index in [2.05, 4.69) is 38.3 Å². The standard InChI is InChI=1S/C18H25N2O/c1-6-9-20-14(3)11-17(16(20)5)18(21)12-19-10-7-8-13(2)15(19)4/h7-8,10-11H,6,9,12H2,1-5H3/q+1. The average molecular weight is 285 g/mol. The van der Waals surface area contributed by atoms with E-state index < -0.39 is 0 Å². The summed E-state index contributed by atoms with van der Waals surface area (Å²) in [5.74, 6) is 0.184. The van der Waals surface area contributed by atoms with E-state index in [1.54, 1.807) is 0 Å². The molecule has 0 radical (unpaired) electrons. The summed E-state index contributed by atoms with van der Waals surface area (Å²) in [7, 11) is 0. The lowest BCUT2D eigenvalue weighted by atomic mass is 10.1. The van der Waals surface area contributed by atoms with Crippen LogP contribution in [0.2, 0.25) is 0 Å². The first kappa shape index (κ1) is 15.5. The molecular weight excluding hydrogens is 260 g/mol. The Morgan fingerprint density at radius 3 is 2.62 bits per heavy atom. The Hall–Kier alpha value is -1.90. The van der Waals surface area contributed by atoms with Crippen molar-refractivity contribution in [3.63, 3.8) is 0 Å². The minimum absolute atomic E-state index is 0.184. The van der Waals surface area contributed by atoms with Crippen LogP contribution in [-0.4, -0.2) is 10.4 Å². The molecule has 112 valence electrons. The summed E-state index contributed by atoms with van der Waals surface area (Å²) >= 11 is 0. The number of aryl methyl sites for hydroxylation is 2. The van der Waals surface area contributed by atoms with Gasteiger partial charge in [0.05, 0.1) is 0 Å². The average Bonchev–Trinajstić information content (AvgIpc) is 2.72. The highest BCUT2D eigenvalue weighted by molar-refractivity contribution is 5.96. The summed E-state index contributed by atoms with van der Waals surface area (Å²) < 4.78 is 4.27. The summed E-state index contributed by atoms with van der Waals surface area (Å²) in [6, 6.07) is 6.10. The van der Waals surface area contributed by atoms with Crippen molar-refractivity contribution in [2.45, 2.75) is 54.1 Å². The van der Waals surface area contributed by atoms with E-state index in [4.69, 9.17) is 0 Å². The number of nitrogens with zero attached hydrogens (tertiary/aromatic N) is 2. The van der Waals surface area contributed by atoms with Crippen LogP contribution < -0.4 is 4.57 Å². The quantitative estimate of drug-likeness (QED) is 0.611. The molecule has 0 aliphatic rings. The van der Waals surface area contributed by atoms with Crippen LogP contribution in [0.4, 0.5) is 0 Å². The molecule has 3 nitrogen and oxygen atoms in total. The maximum Gasteiger partial charge on any atom is 0.229 e. The molecule has 0 saturated heterocycles. The Morgan fingerprint density at radius 2 is 1.95 bits per heavy atom. The lowest BCUT2D eigenvalue weighted by molar-refractivity contribution is -0.689. The second kappa shape index (κ2) is 6.25. The highest BCUT2D eigenvalue weighted by atomic mass is 16.1. The predicted octanol–water partition coefficient (Wildman–Crippen LogP) is 3.30. The second-order valence-electron chi connectivity index (χ2n) is 5.76. The molecule has 2 aromatic rings. The van der Waals surface area contributed by atoms with Gasteiger partial charge in [-0.25, -0.2) is 0 Å². The van der Waals surface area contributed by atoms with Crippen LogP contribution in [0.5, 0.6) is 0 Å². The van der Waals surface area contributed by atoms with E-state index >= 15 is 0 Å². The van der Waals surface area contributed by atoms with E-state index in [9.17, 15) is 4.79 Å². The highest BCUT2D eigenvalue weighted by Crippen LogP contribution is 2.16. The first-order chi connectivity index (χ1) is 9.95. The van der Waals surface area contributed by atoms with Crippen LogP contribution in [0.15, 0.2) is 24.4 Å². The number of Topliss-reactive ketones (excluding diaryl/α,β-unsaturated/α-hetero) is 1. The predicted molar refractivity (Wildman–Crippen MR) is 84.6 cm³/mol. The summed E-state index contributed by atoms with van der Waals surface area (Å²) in [5.41, 5.74) is 5.47. The third kappa shape index (κ3) is 3.07. The van der Waals surface area contributed by atoms with Crippen LogP contribution in [0.25, 0.3) is 0 Å². The molecule has 0 aromatic carbocycles. The van der Waals surface area contributed by atoms with Crippen molar-refractivity contribution >= 4 is 5.78 Å². The molecule has 0 saturated carbocycles. The van der Waals surface area contributed by atoms with Gasteiger partial charge in [-0.15, -0.1) is 0 Å². The molecule has 21 heavy (non-hydrogen) atoms. The maximum absolute atomic E-state index is 12.6. The molecule has 0 unspecified atom stereocenters. The largest absolute Gasteiger partial charge is 0.348 e. The molecule has 2 heterocycles. The summed E-state index contributed by atoms with van der Waals surface area (Å²) in [5, 5.41) is 0. The number of hydrogen-bond acceptors (Lipinski definition) is 1. The lowest BCUT2D eigenvalue weighted by Gasteiger charge is -2.07. The second-order valence-corrected chi connectivity index (χ2v) is 5.76. The molecule has 0 spiro atoms. The zero-order valence-electron chi connectivity index (χ0n) is 13.7. The molecule has 0 fully saturated rings. The van der Waals surface area contributed by atoms with Gasteiger partial charge in [0.15, 0.2) is 11.9 Å². The summed E-state index contributed by atoms with van der Waals surface area (Å²) in [4.78, 5) is 12.6. The third-order valence-electron chi connectivity index (χ3n) is 4.25. The number of carbonyl (C=O) groups excluding carboxylic acids is 1. The molecule has 0 aliphatic heterocycles. The minimum atomic E-state index is 0.184. The van der Waals surface area contributed by atoms with Gasteiger partial charge in [0, 0.05) is 42.0 Å². The van der Waals surface area contributed by atoms with Gasteiger partial charge in [-0.1, -0.05) is 6.92 Å². The monoisotopic (exact) mass is 285 g/mol. The van der Waals surface area contributed by atoms with Gasteiger partial charge < -0.3 is 4.57 Å². The van der Waals surface area contributed by atoms with Gasteiger partial charge in [-0.05, 0) is 39.3 Å². The van der Waals surface area contributed by atoms with Crippen molar-refractivity contribution in [2.24, 2.45) is 0 Å². The maximum atomic E-state index is 12.6. The van der Waals surface area contributed by atoms with E-state index in [1.807, 2.05) is 29.8 Å². The Bertz CT molecular complexity index is 668. The smallest absolute Gasteiger partial charge is 0.229 e. The van der Waals surface area contributed by atoms with Crippen molar-refractivity contribution < 1.29 is 9.36 Å². The summed E-state index contributed by atoms with van der Waals surface area (Å²) in [6.07, 6.45) is 3.06. The molecule has 3 heteroatoms. The van der Waals surface area contributed by atoms with Gasteiger partial charge in [0.1, 0.15) is 0 Å². The van der Waals surface area contributed by atoms with Crippen molar-refractivity contribution in [3.05, 3.63) is 52.6 Å². The van der Waals surface area contributed by atoms with Gasteiger partial charge >= 0.3 is 0 Å². The van der Waals surface area contributed by atoms with Gasteiger partial charge in [0.25, 0.3) is 0 Å². The van der Waals surface area contributed by atoms with E-state index in [1.165, 1.54) is 11.3 Å². The zero-order chi connectivity index (χ0) is 15.6. The third-order valence-corrected chi connectivity index (χ3v) is 4.25. The number of carbonyl (C=O) groups is 1.